The Kier molecular flexibility index (Phi) is 7.39. The van der Waals surface area contributed by atoms with Crippen molar-refractivity contribution < 1.29 is 19.1 Å². The molecule has 9 heteroatoms. The van der Waals surface area contributed by atoms with Gasteiger partial charge in [0.25, 0.3) is 5.91 Å². The fourth-order valence-corrected chi connectivity index (χ4v) is 2.51. The molecule has 0 radical (unpaired) electrons. The van der Waals surface area contributed by atoms with Gasteiger partial charge >= 0.3 is 6.09 Å². The second kappa shape index (κ2) is 9.77. The third-order valence-electron chi connectivity index (χ3n) is 3.87. The molecular formula is C16H25N5O4. The molecule has 0 spiro atoms. The zero-order valence-electron chi connectivity index (χ0n) is 14.7. The minimum atomic E-state index is -0.297. The third-order valence-corrected chi connectivity index (χ3v) is 3.87. The Balaban J connectivity index is 1.77. The van der Waals surface area contributed by atoms with E-state index in [4.69, 9.17) is 9.47 Å². The molecule has 2 amide bonds. The van der Waals surface area contributed by atoms with Crippen LogP contribution in [0.3, 0.4) is 0 Å². The summed E-state index contributed by atoms with van der Waals surface area (Å²) in [6.07, 6.45) is 1.08. The lowest BCUT2D eigenvalue weighted by atomic mass is 10.1. The van der Waals surface area contributed by atoms with Gasteiger partial charge < -0.3 is 25.0 Å². The summed E-state index contributed by atoms with van der Waals surface area (Å²) in [6, 6.07) is 3.35. The molecule has 0 saturated carbocycles. The molecule has 2 rings (SSSR count). The zero-order chi connectivity index (χ0) is 18.1. The summed E-state index contributed by atoms with van der Waals surface area (Å²) < 4.78 is 9.92. The Bertz CT molecular complexity index is 558. The number of likely N-dealkylation sites (tertiary alicyclic amines) is 1. The van der Waals surface area contributed by atoms with Crippen LogP contribution in [0.25, 0.3) is 0 Å². The Hall–Kier alpha value is -2.42. The van der Waals surface area contributed by atoms with Gasteiger partial charge in [0.05, 0.1) is 13.2 Å². The molecule has 0 aliphatic carbocycles. The van der Waals surface area contributed by atoms with Crippen LogP contribution in [0.15, 0.2) is 12.1 Å². The van der Waals surface area contributed by atoms with E-state index < -0.39 is 0 Å². The molecule has 1 fully saturated rings. The van der Waals surface area contributed by atoms with Gasteiger partial charge in [-0.25, -0.2) is 4.79 Å². The normalized spacial score (nSPS) is 14.9. The van der Waals surface area contributed by atoms with Crippen molar-refractivity contribution in [2.45, 2.75) is 25.8 Å². The number of aromatic nitrogens is 2. The number of methoxy groups -OCH3 is 1. The fourth-order valence-electron chi connectivity index (χ4n) is 2.51. The summed E-state index contributed by atoms with van der Waals surface area (Å²) >= 11 is 0. The molecule has 0 bridgehead atoms. The quantitative estimate of drug-likeness (QED) is 0.703. The molecule has 0 atom stereocenters. The van der Waals surface area contributed by atoms with Gasteiger partial charge in [0.15, 0.2) is 5.69 Å². The number of nitrogens with one attached hydrogen (secondary N) is 2. The van der Waals surface area contributed by atoms with Crippen molar-refractivity contribution in [3.05, 3.63) is 17.8 Å². The van der Waals surface area contributed by atoms with Crippen molar-refractivity contribution in [2.24, 2.45) is 0 Å². The lowest BCUT2D eigenvalue weighted by Crippen LogP contribution is -2.46. The van der Waals surface area contributed by atoms with Crippen molar-refractivity contribution >= 4 is 17.8 Å². The van der Waals surface area contributed by atoms with Crippen LogP contribution in [0, 0.1) is 0 Å². The molecule has 2 N–H and O–H groups in total. The minimum Gasteiger partial charge on any atom is -0.450 e. The number of amides is 2. The molecule has 9 nitrogen and oxygen atoms in total. The molecular weight excluding hydrogens is 326 g/mol. The maximum Gasteiger partial charge on any atom is 0.409 e. The van der Waals surface area contributed by atoms with Gasteiger partial charge in [0.2, 0.25) is 0 Å². The highest BCUT2D eigenvalue weighted by Gasteiger charge is 2.25. The fraction of sp³-hybridized carbons (Fsp3) is 0.625. The molecule has 25 heavy (non-hydrogen) atoms. The molecule has 2 heterocycles. The second-order valence-electron chi connectivity index (χ2n) is 5.66. The van der Waals surface area contributed by atoms with Crippen molar-refractivity contribution in [3.8, 4) is 0 Å². The maximum atomic E-state index is 12.2. The van der Waals surface area contributed by atoms with E-state index in [0.29, 0.717) is 51.5 Å². The van der Waals surface area contributed by atoms with E-state index in [1.54, 1.807) is 31.1 Å². The molecule has 1 aliphatic heterocycles. The van der Waals surface area contributed by atoms with E-state index >= 15 is 0 Å². The first-order valence-electron chi connectivity index (χ1n) is 8.43. The number of nitrogens with zero attached hydrogens (tertiary/aromatic N) is 3. The predicted molar refractivity (Wildman–Crippen MR) is 91.5 cm³/mol. The van der Waals surface area contributed by atoms with Crippen LogP contribution in [0.1, 0.15) is 30.3 Å². The smallest absolute Gasteiger partial charge is 0.409 e. The number of ether oxygens (including phenoxy) is 2. The monoisotopic (exact) mass is 351 g/mol. The Morgan fingerprint density at radius 2 is 2.04 bits per heavy atom. The van der Waals surface area contributed by atoms with Gasteiger partial charge in [-0.2, -0.15) is 0 Å². The average molecular weight is 351 g/mol. The topological polar surface area (TPSA) is 106 Å². The summed E-state index contributed by atoms with van der Waals surface area (Å²) in [4.78, 5) is 25.6. The largest absolute Gasteiger partial charge is 0.450 e. The lowest BCUT2D eigenvalue weighted by molar-refractivity contribution is 0.0856. The Morgan fingerprint density at radius 3 is 2.64 bits per heavy atom. The molecule has 1 saturated heterocycles. The van der Waals surface area contributed by atoms with Crippen LogP contribution >= 0.6 is 0 Å². The van der Waals surface area contributed by atoms with E-state index in [2.05, 4.69) is 20.8 Å². The van der Waals surface area contributed by atoms with Gasteiger partial charge in [-0.05, 0) is 31.9 Å². The number of rotatable bonds is 7. The summed E-state index contributed by atoms with van der Waals surface area (Å²) in [5.41, 5.74) is 0.269. The molecule has 1 aromatic rings. The zero-order valence-corrected chi connectivity index (χ0v) is 14.7. The Labute approximate surface area is 147 Å². The van der Waals surface area contributed by atoms with Crippen LogP contribution in [-0.4, -0.2) is 73.1 Å². The summed E-state index contributed by atoms with van der Waals surface area (Å²) in [7, 11) is 1.62. The highest BCUT2D eigenvalue weighted by molar-refractivity contribution is 5.92. The number of hydrogen-bond acceptors (Lipinski definition) is 7. The minimum absolute atomic E-state index is 0.0134. The average Bonchev–Trinajstić information content (AvgIpc) is 2.63. The van der Waals surface area contributed by atoms with Gasteiger partial charge in [0.1, 0.15) is 5.82 Å². The molecule has 0 unspecified atom stereocenters. The van der Waals surface area contributed by atoms with Gasteiger partial charge in [-0.3, -0.25) is 4.79 Å². The lowest BCUT2D eigenvalue weighted by Gasteiger charge is -2.31. The SMILES string of the molecule is CCOC(=O)N1CCC(NC(=O)c2ccc(NCCOC)nn2)CC1. The number of hydrogen-bond donors (Lipinski definition) is 2. The Morgan fingerprint density at radius 1 is 1.28 bits per heavy atom. The number of carbonyl (C=O) groups excluding carboxylic acids is 2. The van der Waals surface area contributed by atoms with E-state index in [1.165, 1.54) is 0 Å². The number of carbonyl (C=O) groups is 2. The van der Waals surface area contributed by atoms with Crippen LogP contribution in [0.5, 0.6) is 0 Å². The summed E-state index contributed by atoms with van der Waals surface area (Å²) in [6.45, 7) is 4.47. The van der Waals surface area contributed by atoms with Crippen LogP contribution in [0.4, 0.5) is 10.6 Å². The van der Waals surface area contributed by atoms with Crippen LogP contribution in [0.2, 0.25) is 0 Å². The van der Waals surface area contributed by atoms with Crippen LogP contribution < -0.4 is 10.6 Å². The van der Waals surface area contributed by atoms with E-state index in [9.17, 15) is 9.59 Å². The van der Waals surface area contributed by atoms with Crippen molar-refractivity contribution in [1.82, 2.24) is 20.4 Å². The highest BCUT2D eigenvalue weighted by atomic mass is 16.6. The van der Waals surface area contributed by atoms with Crippen molar-refractivity contribution in [1.29, 1.82) is 0 Å². The van der Waals surface area contributed by atoms with E-state index in [-0.39, 0.29) is 23.7 Å². The van der Waals surface area contributed by atoms with E-state index in [0.717, 1.165) is 0 Å². The standard InChI is InChI=1S/C16H25N5O4/c1-3-25-16(23)21-9-6-12(7-10-21)18-15(22)13-4-5-14(20-19-13)17-8-11-24-2/h4-5,12H,3,6-11H2,1-2H3,(H,17,20)(H,18,22). The highest BCUT2D eigenvalue weighted by Crippen LogP contribution is 2.12. The van der Waals surface area contributed by atoms with Crippen molar-refractivity contribution in [3.63, 3.8) is 0 Å². The second-order valence-corrected chi connectivity index (χ2v) is 5.66. The molecule has 1 aromatic heterocycles. The van der Waals surface area contributed by atoms with Crippen molar-refractivity contribution in [2.75, 3.05) is 45.3 Å². The van der Waals surface area contributed by atoms with E-state index in [1.807, 2.05) is 0 Å². The van der Waals surface area contributed by atoms with Gasteiger partial charge in [-0.15, -0.1) is 10.2 Å². The molecule has 0 aromatic carbocycles. The van der Waals surface area contributed by atoms with Crippen LogP contribution in [-0.2, 0) is 9.47 Å². The third kappa shape index (κ3) is 5.86. The van der Waals surface area contributed by atoms with Gasteiger partial charge in [-0.1, -0.05) is 0 Å². The summed E-state index contributed by atoms with van der Waals surface area (Å²) in [5.74, 6) is 0.335. The molecule has 138 valence electrons. The van der Waals surface area contributed by atoms with Gasteiger partial charge in [0, 0.05) is 32.8 Å². The first-order valence-corrected chi connectivity index (χ1v) is 8.43. The first kappa shape index (κ1) is 18.9. The number of piperidine rings is 1. The summed E-state index contributed by atoms with van der Waals surface area (Å²) in [5, 5.41) is 13.9. The first-order chi connectivity index (χ1) is 12.1. The predicted octanol–water partition coefficient (Wildman–Crippen LogP) is 0.886. The number of anilines is 1. The molecule has 1 aliphatic rings. The maximum absolute atomic E-state index is 12.2.